The molecule has 0 aromatic carbocycles. The van der Waals surface area contributed by atoms with Crippen LogP contribution in [-0.4, -0.2) is 35.5 Å². The second kappa shape index (κ2) is 6.98. The SMILES string of the molecule is CCC(C)NC(=O)CCNC(=O)C(C)(C)C(=O)O. The van der Waals surface area contributed by atoms with Gasteiger partial charge in [0.1, 0.15) is 5.41 Å². The molecule has 0 aromatic rings. The minimum atomic E-state index is -1.48. The van der Waals surface area contributed by atoms with E-state index in [4.69, 9.17) is 5.11 Å². The number of nitrogens with one attached hydrogen (secondary N) is 2. The zero-order valence-electron chi connectivity index (χ0n) is 11.4. The summed E-state index contributed by atoms with van der Waals surface area (Å²) in [6.07, 6.45) is 0.982. The van der Waals surface area contributed by atoms with E-state index >= 15 is 0 Å². The largest absolute Gasteiger partial charge is 0.480 e. The minimum absolute atomic E-state index is 0.101. The van der Waals surface area contributed by atoms with Gasteiger partial charge in [-0.15, -0.1) is 0 Å². The Morgan fingerprint density at radius 3 is 2.28 bits per heavy atom. The molecule has 0 heterocycles. The quantitative estimate of drug-likeness (QED) is 0.580. The van der Waals surface area contributed by atoms with Crippen molar-refractivity contribution in [2.45, 2.75) is 46.6 Å². The van der Waals surface area contributed by atoms with Crippen LogP contribution in [0.3, 0.4) is 0 Å². The van der Waals surface area contributed by atoms with Gasteiger partial charge in [0.2, 0.25) is 11.8 Å². The normalized spacial score (nSPS) is 12.7. The number of rotatable bonds is 7. The third kappa shape index (κ3) is 5.16. The molecule has 0 spiro atoms. The first-order valence-electron chi connectivity index (χ1n) is 6.02. The molecule has 0 rings (SSSR count). The zero-order valence-corrected chi connectivity index (χ0v) is 11.4. The van der Waals surface area contributed by atoms with Crippen molar-refractivity contribution in [2.75, 3.05) is 6.54 Å². The van der Waals surface area contributed by atoms with Crippen molar-refractivity contribution in [3.63, 3.8) is 0 Å². The number of carbonyl (C=O) groups excluding carboxylic acids is 2. The molecule has 0 aromatic heterocycles. The number of hydrogen-bond acceptors (Lipinski definition) is 3. The van der Waals surface area contributed by atoms with Gasteiger partial charge in [0.25, 0.3) is 0 Å². The van der Waals surface area contributed by atoms with Gasteiger partial charge in [0.15, 0.2) is 0 Å². The van der Waals surface area contributed by atoms with Crippen LogP contribution >= 0.6 is 0 Å². The maximum Gasteiger partial charge on any atom is 0.318 e. The minimum Gasteiger partial charge on any atom is -0.480 e. The molecule has 6 heteroatoms. The van der Waals surface area contributed by atoms with E-state index in [-0.39, 0.29) is 24.9 Å². The fourth-order valence-corrected chi connectivity index (χ4v) is 1.06. The van der Waals surface area contributed by atoms with Crippen molar-refractivity contribution in [2.24, 2.45) is 5.41 Å². The molecule has 0 aliphatic carbocycles. The summed E-state index contributed by atoms with van der Waals surface area (Å²) in [6, 6.07) is 0.101. The van der Waals surface area contributed by atoms with Gasteiger partial charge in [0.05, 0.1) is 0 Å². The molecule has 0 saturated heterocycles. The maximum absolute atomic E-state index is 11.5. The molecule has 0 aliphatic rings. The van der Waals surface area contributed by atoms with E-state index in [1.165, 1.54) is 13.8 Å². The molecule has 2 amide bonds. The van der Waals surface area contributed by atoms with Crippen molar-refractivity contribution < 1.29 is 19.5 Å². The molecule has 0 bridgehead atoms. The van der Waals surface area contributed by atoms with Crippen LogP contribution in [0.15, 0.2) is 0 Å². The van der Waals surface area contributed by atoms with Crippen molar-refractivity contribution in [1.29, 1.82) is 0 Å². The second-order valence-corrected chi connectivity index (χ2v) is 4.81. The maximum atomic E-state index is 11.5. The summed E-state index contributed by atoms with van der Waals surface area (Å²) in [5.41, 5.74) is -1.48. The molecule has 104 valence electrons. The first kappa shape index (κ1) is 16.4. The number of hydrogen-bond donors (Lipinski definition) is 3. The summed E-state index contributed by atoms with van der Waals surface area (Å²) in [5.74, 6) is -1.94. The number of carboxylic acid groups (broad SMARTS) is 1. The Morgan fingerprint density at radius 1 is 1.28 bits per heavy atom. The lowest BCUT2D eigenvalue weighted by Gasteiger charge is -2.18. The molecule has 6 nitrogen and oxygen atoms in total. The van der Waals surface area contributed by atoms with Crippen LogP contribution in [0.2, 0.25) is 0 Å². The Hall–Kier alpha value is -1.59. The third-order valence-corrected chi connectivity index (χ3v) is 2.76. The van der Waals surface area contributed by atoms with E-state index < -0.39 is 17.3 Å². The van der Waals surface area contributed by atoms with E-state index in [0.717, 1.165) is 6.42 Å². The summed E-state index contributed by atoms with van der Waals surface area (Å²) < 4.78 is 0. The summed E-state index contributed by atoms with van der Waals surface area (Å²) in [7, 11) is 0. The van der Waals surface area contributed by atoms with Gasteiger partial charge in [-0.1, -0.05) is 6.92 Å². The molecule has 0 aliphatic heterocycles. The van der Waals surface area contributed by atoms with E-state index in [0.29, 0.717) is 0 Å². The first-order chi connectivity index (χ1) is 8.21. The number of carbonyl (C=O) groups is 3. The highest BCUT2D eigenvalue weighted by atomic mass is 16.4. The number of carboxylic acids is 1. The van der Waals surface area contributed by atoms with Crippen LogP contribution in [0.25, 0.3) is 0 Å². The van der Waals surface area contributed by atoms with Crippen molar-refractivity contribution in [3.05, 3.63) is 0 Å². The van der Waals surface area contributed by atoms with Crippen molar-refractivity contribution in [1.82, 2.24) is 10.6 Å². The standard InChI is InChI=1S/C12H22N2O4/c1-5-8(2)14-9(15)6-7-13-10(16)12(3,4)11(17)18/h8H,5-7H2,1-4H3,(H,13,16)(H,14,15)(H,17,18). The van der Waals surface area contributed by atoms with Gasteiger partial charge >= 0.3 is 5.97 Å². The van der Waals surface area contributed by atoms with E-state index in [2.05, 4.69) is 10.6 Å². The molecule has 1 atom stereocenters. The Labute approximate surface area is 107 Å². The summed E-state index contributed by atoms with van der Waals surface area (Å²) >= 11 is 0. The highest BCUT2D eigenvalue weighted by Crippen LogP contribution is 2.14. The van der Waals surface area contributed by atoms with Crippen LogP contribution in [-0.2, 0) is 14.4 Å². The van der Waals surface area contributed by atoms with Crippen molar-refractivity contribution in [3.8, 4) is 0 Å². The predicted octanol–water partition coefficient (Wildman–Crippen LogP) is 0.518. The van der Waals surface area contributed by atoms with Gasteiger partial charge < -0.3 is 15.7 Å². The van der Waals surface area contributed by atoms with Crippen molar-refractivity contribution >= 4 is 17.8 Å². The van der Waals surface area contributed by atoms with Gasteiger partial charge in [0, 0.05) is 19.0 Å². The Bertz CT molecular complexity index is 326. The number of aliphatic carboxylic acids is 1. The number of amides is 2. The molecule has 0 radical (unpaired) electrons. The van der Waals surface area contributed by atoms with Gasteiger partial charge in [-0.25, -0.2) is 0 Å². The van der Waals surface area contributed by atoms with Crippen LogP contribution in [0.1, 0.15) is 40.5 Å². The predicted molar refractivity (Wildman–Crippen MR) is 66.9 cm³/mol. The lowest BCUT2D eigenvalue weighted by atomic mass is 9.93. The topological polar surface area (TPSA) is 95.5 Å². The lowest BCUT2D eigenvalue weighted by molar-refractivity contribution is -0.153. The van der Waals surface area contributed by atoms with E-state index in [9.17, 15) is 14.4 Å². The highest BCUT2D eigenvalue weighted by molar-refractivity contribution is 6.01. The third-order valence-electron chi connectivity index (χ3n) is 2.76. The monoisotopic (exact) mass is 258 g/mol. The zero-order chi connectivity index (χ0) is 14.3. The van der Waals surface area contributed by atoms with Crippen LogP contribution < -0.4 is 10.6 Å². The van der Waals surface area contributed by atoms with Gasteiger partial charge in [-0.2, -0.15) is 0 Å². The van der Waals surface area contributed by atoms with E-state index in [1.54, 1.807) is 0 Å². The van der Waals surface area contributed by atoms with Crippen LogP contribution in [0, 0.1) is 5.41 Å². The fourth-order valence-electron chi connectivity index (χ4n) is 1.06. The van der Waals surface area contributed by atoms with Crippen LogP contribution in [0.4, 0.5) is 0 Å². The Balaban J connectivity index is 4.02. The average Bonchev–Trinajstić information content (AvgIpc) is 2.28. The summed E-state index contributed by atoms with van der Waals surface area (Å²) in [4.78, 5) is 33.7. The molecule has 0 saturated carbocycles. The smallest absolute Gasteiger partial charge is 0.318 e. The molecule has 18 heavy (non-hydrogen) atoms. The van der Waals surface area contributed by atoms with Gasteiger partial charge in [-0.05, 0) is 27.2 Å². The molecule has 1 unspecified atom stereocenters. The summed E-state index contributed by atoms with van der Waals surface area (Å²) in [5, 5.41) is 14.0. The molecule has 3 N–H and O–H groups in total. The first-order valence-corrected chi connectivity index (χ1v) is 6.02. The van der Waals surface area contributed by atoms with Crippen LogP contribution in [0.5, 0.6) is 0 Å². The lowest BCUT2D eigenvalue weighted by Crippen LogP contribution is -2.43. The molecule has 0 fully saturated rings. The van der Waals surface area contributed by atoms with Gasteiger partial charge in [-0.3, -0.25) is 14.4 Å². The fraction of sp³-hybridized carbons (Fsp3) is 0.750. The average molecular weight is 258 g/mol. The van der Waals surface area contributed by atoms with E-state index in [1.807, 2.05) is 13.8 Å². The Morgan fingerprint density at radius 2 is 1.83 bits per heavy atom. The summed E-state index contributed by atoms with van der Waals surface area (Å²) in [6.45, 7) is 6.64. The second-order valence-electron chi connectivity index (χ2n) is 4.81. The Kier molecular flexibility index (Phi) is 6.36. The molecular formula is C12H22N2O4. The highest BCUT2D eigenvalue weighted by Gasteiger charge is 2.35. The molecular weight excluding hydrogens is 236 g/mol.